The van der Waals surface area contributed by atoms with Crippen LogP contribution in [0.4, 0.5) is 0 Å². The van der Waals surface area contributed by atoms with Gasteiger partial charge in [-0.1, -0.05) is 26.0 Å². The summed E-state index contributed by atoms with van der Waals surface area (Å²) >= 11 is 0. The topological polar surface area (TPSA) is 43.4 Å². The van der Waals surface area contributed by atoms with Crippen molar-refractivity contribution in [2.75, 3.05) is 0 Å². The molecule has 3 heteroatoms. The van der Waals surface area contributed by atoms with E-state index in [0.717, 1.165) is 6.42 Å². The molecule has 0 spiro atoms. The highest BCUT2D eigenvalue weighted by atomic mass is 16.5. The molecule has 0 aliphatic carbocycles. The van der Waals surface area contributed by atoms with E-state index in [1.165, 1.54) is 6.08 Å². The van der Waals surface area contributed by atoms with E-state index in [2.05, 4.69) is 6.58 Å². The predicted molar refractivity (Wildman–Crippen MR) is 73.2 cm³/mol. The SMILES string of the molecule is C=CCC(CC)OC(=O)/C=C/C(C)(C)C(=O)CC. The number of hydrogen-bond acceptors (Lipinski definition) is 3. The molecular weight excluding hydrogens is 228 g/mol. The summed E-state index contributed by atoms with van der Waals surface area (Å²) in [5.74, 6) is -0.301. The molecule has 0 bridgehead atoms. The zero-order valence-corrected chi connectivity index (χ0v) is 11.9. The second-order valence-corrected chi connectivity index (χ2v) is 4.82. The van der Waals surface area contributed by atoms with Crippen molar-refractivity contribution in [1.82, 2.24) is 0 Å². The number of hydrogen-bond donors (Lipinski definition) is 0. The maximum absolute atomic E-state index is 11.6. The summed E-state index contributed by atoms with van der Waals surface area (Å²) in [7, 11) is 0. The van der Waals surface area contributed by atoms with Crippen molar-refractivity contribution in [3.05, 3.63) is 24.8 Å². The third-order valence-electron chi connectivity index (χ3n) is 2.84. The summed E-state index contributed by atoms with van der Waals surface area (Å²) in [5, 5.41) is 0. The van der Waals surface area contributed by atoms with Gasteiger partial charge in [0.2, 0.25) is 0 Å². The van der Waals surface area contributed by atoms with Gasteiger partial charge in [0.1, 0.15) is 11.9 Å². The van der Waals surface area contributed by atoms with Gasteiger partial charge in [0.15, 0.2) is 0 Å². The van der Waals surface area contributed by atoms with Gasteiger partial charge in [0.25, 0.3) is 0 Å². The van der Waals surface area contributed by atoms with Gasteiger partial charge in [-0.15, -0.1) is 6.58 Å². The number of rotatable bonds is 8. The molecule has 0 rings (SSSR count). The highest BCUT2D eigenvalue weighted by Gasteiger charge is 2.22. The number of esters is 1. The quantitative estimate of drug-likeness (QED) is 0.377. The Morgan fingerprint density at radius 3 is 2.39 bits per heavy atom. The van der Waals surface area contributed by atoms with E-state index in [0.29, 0.717) is 12.8 Å². The summed E-state index contributed by atoms with van der Waals surface area (Å²) in [4.78, 5) is 23.2. The molecule has 0 aromatic carbocycles. The van der Waals surface area contributed by atoms with Crippen molar-refractivity contribution in [1.29, 1.82) is 0 Å². The zero-order chi connectivity index (χ0) is 14.2. The number of ether oxygens (including phenoxy) is 1. The van der Waals surface area contributed by atoms with Crippen LogP contribution < -0.4 is 0 Å². The molecule has 0 saturated heterocycles. The maximum atomic E-state index is 11.6. The lowest BCUT2D eigenvalue weighted by molar-refractivity contribution is -0.143. The van der Waals surface area contributed by atoms with Crippen molar-refractivity contribution >= 4 is 11.8 Å². The van der Waals surface area contributed by atoms with Crippen LogP contribution in [0, 0.1) is 5.41 Å². The van der Waals surface area contributed by atoms with E-state index in [1.54, 1.807) is 26.0 Å². The fourth-order valence-corrected chi connectivity index (χ4v) is 1.51. The largest absolute Gasteiger partial charge is 0.459 e. The Balaban J connectivity index is 4.47. The average molecular weight is 252 g/mol. The van der Waals surface area contributed by atoms with Crippen molar-refractivity contribution in [3.63, 3.8) is 0 Å². The van der Waals surface area contributed by atoms with Gasteiger partial charge >= 0.3 is 5.97 Å². The van der Waals surface area contributed by atoms with Gasteiger partial charge in [-0.05, 0) is 20.3 Å². The minimum atomic E-state index is -0.617. The van der Waals surface area contributed by atoms with Gasteiger partial charge in [0.05, 0.1) is 0 Å². The molecule has 0 amide bonds. The minimum absolute atomic E-state index is 0.102. The van der Waals surface area contributed by atoms with Crippen LogP contribution in [0.25, 0.3) is 0 Å². The van der Waals surface area contributed by atoms with Crippen LogP contribution in [0.2, 0.25) is 0 Å². The van der Waals surface area contributed by atoms with E-state index in [1.807, 2.05) is 13.8 Å². The van der Waals surface area contributed by atoms with Crippen molar-refractivity contribution in [2.24, 2.45) is 5.41 Å². The summed E-state index contributed by atoms with van der Waals surface area (Å²) < 4.78 is 5.24. The Bertz CT molecular complexity index is 327. The van der Waals surface area contributed by atoms with Crippen LogP contribution in [0.3, 0.4) is 0 Å². The first-order chi connectivity index (χ1) is 8.37. The summed E-state index contributed by atoms with van der Waals surface area (Å²) in [6, 6.07) is 0. The molecule has 0 saturated carbocycles. The second-order valence-electron chi connectivity index (χ2n) is 4.82. The van der Waals surface area contributed by atoms with Crippen LogP contribution in [0.15, 0.2) is 24.8 Å². The molecule has 0 heterocycles. The zero-order valence-electron chi connectivity index (χ0n) is 11.9. The molecule has 0 aliphatic rings. The molecule has 0 aromatic heterocycles. The van der Waals surface area contributed by atoms with Gasteiger partial charge in [-0.2, -0.15) is 0 Å². The van der Waals surface area contributed by atoms with Crippen molar-refractivity contribution in [3.8, 4) is 0 Å². The molecule has 18 heavy (non-hydrogen) atoms. The van der Waals surface area contributed by atoms with Gasteiger partial charge in [-0.3, -0.25) is 4.79 Å². The second kappa shape index (κ2) is 7.85. The lowest BCUT2D eigenvalue weighted by Crippen LogP contribution is -2.21. The summed E-state index contributed by atoms with van der Waals surface area (Å²) in [5.41, 5.74) is -0.617. The number of allylic oxidation sites excluding steroid dienone is 1. The Labute approximate surface area is 110 Å². The van der Waals surface area contributed by atoms with Gasteiger partial charge < -0.3 is 4.74 Å². The monoisotopic (exact) mass is 252 g/mol. The molecule has 0 radical (unpaired) electrons. The Hall–Kier alpha value is -1.38. The Morgan fingerprint density at radius 1 is 1.33 bits per heavy atom. The molecule has 1 unspecified atom stereocenters. The van der Waals surface area contributed by atoms with Crippen LogP contribution in [0.1, 0.15) is 47.0 Å². The molecule has 0 aliphatic heterocycles. The lowest BCUT2D eigenvalue weighted by atomic mass is 9.86. The van der Waals surface area contributed by atoms with Crippen molar-refractivity contribution < 1.29 is 14.3 Å². The van der Waals surface area contributed by atoms with Gasteiger partial charge in [0, 0.05) is 24.3 Å². The van der Waals surface area contributed by atoms with Crippen LogP contribution in [-0.2, 0) is 14.3 Å². The van der Waals surface area contributed by atoms with E-state index < -0.39 is 11.4 Å². The van der Waals surface area contributed by atoms with Crippen LogP contribution in [-0.4, -0.2) is 17.9 Å². The molecule has 0 fully saturated rings. The van der Waals surface area contributed by atoms with E-state index in [-0.39, 0.29) is 11.9 Å². The van der Waals surface area contributed by atoms with E-state index in [9.17, 15) is 9.59 Å². The highest BCUT2D eigenvalue weighted by Crippen LogP contribution is 2.20. The number of carbonyl (C=O) groups excluding carboxylic acids is 2. The fraction of sp³-hybridized carbons (Fsp3) is 0.600. The third kappa shape index (κ3) is 5.80. The molecule has 0 N–H and O–H groups in total. The maximum Gasteiger partial charge on any atom is 0.330 e. The molecule has 102 valence electrons. The standard InChI is InChI=1S/C15H24O3/c1-6-9-12(7-2)18-14(17)10-11-15(4,5)13(16)8-3/h6,10-12H,1,7-9H2,2-5H3/b11-10+. The Kier molecular flexibility index (Phi) is 7.25. The van der Waals surface area contributed by atoms with Crippen LogP contribution in [0.5, 0.6) is 0 Å². The first-order valence-electron chi connectivity index (χ1n) is 6.41. The van der Waals surface area contributed by atoms with E-state index in [4.69, 9.17) is 4.74 Å². The lowest BCUT2D eigenvalue weighted by Gasteiger charge is -2.17. The first-order valence-corrected chi connectivity index (χ1v) is 6.41. The van der Waals surface area contributed by atoms with Crippen molar-refractivity contribution in [2.45, 2.75) is 53.1 Å². The first kappa shape index (κ1) is 16.6. The Morgan fingerprint density at radius 2 is 1.94 bits per heavy atom. The number of Topliss-reactive ketones (excluding diaryl/α,β-unsaturated/α-hetero) is 1. The molecular formula is C15H24O3. The molecule has 1 atom stereocenters. The molecule has 3 nitrogen and oxygen atoms in total. The normalized spacial score (nSPS) is 13.3. The van der Waals surface area contributed by atoms with E-state index >= 15 is 0 Å². The fourth-order valence-electron chi connectivity index (χ4n) is 1.51. The number of ketones is 1. The summed E-state index contributed by atoms with van der Waals surface area (Å²) in [6.07, 6.45) is 6.41. The third-order valence-corrected chi connectivity index (χ3v) is 2.84. The van der Waals surface area contributed by atoms with Crippen LogP contribution >= 0.6 is 0 Å². The van der Waals surface area contributed by atoms with Gasteiger partial charge in [-0.25, -0.2) is 4.79 Å². The minimum Gasteiger partial charge on any atom is -0.459 e. The molecule has 0 aromatic rings. The average Bonchev–Trinajstić information content (AvgIpc) is 2.34. The smallest absolute Gasteiger partial charge is 0.330 e. The number of carbonyl (C=O) groups is 2. The summed E-state index contributed by atoms with van der Waals surface area (Å²) in [6.45, 7) is 11.0. The predicted octanol–water partition coefficient (Wildman–Crippen LogP) is 3.45. The highest BCUT2D eigenvalue weighted by molar-refractivity contribution is 5.88.